The summed E-state index contributed by atoms with van der Waals surface area (Å²) in [6, 6.07) is 3.68. The number of rotatable bonds is 1. The fourth-order valence-electron chi connectivity index (χ4n) is 3.47. The van der Waals surface area contributed by atoms with Gasteiger partial charge in [-0.25, -0.2) is 0 Å². The lowest BCUT2D eigenvalue weighted by molar-refractivity contribution is -0.137. The summed E-state index contributed by atoms with van der Waals surface area (Å²) in [5.41, 5.74) is 0.106. The van der Waals surface area contributed by atoms with Gasteiger partial charge in [-0.1, -0.05) is 18.5 Å². The van der Waals surface area contributed by atoms with Crippen molar-refractivity contribution in [2.45, 2.75) is 37.8 Å². The Bertz CT molecular complexity index is 467. The van der Waals surface area contributed by atoms with Gasteiger partial charge in [0.25, 0.3) is 0 Å². The highest BCUT2D eigenvalue weighted by molar-refractivity contribution is 5.29. The third-order valence-corrected chi connectivity index (χ3v) is 4.30. The topological polar surface area (TPSA) is 0 Å². The van der Waals surface area contributed by atoms with Crippen LogP contribution in [0.3, 0.4) is 0 Å². The summed E-state index contributed by atoms with van der Waals surface area (Å²) >= 11 is 0. The number of benzene rings is 1. The van der Waals surface area contributed by atoms with E-state index in [1.807, 2.05) is 0 Å². The maximum Gasteiger partial charge on any atom is 0.416 e. The fraction of sp³-hybridized carbons (Fsp3) is 0.571. The standard InChI is InChI=1S/C14H15F3/c15-14(16,17)12-5-3-10(4-6-12)13-8-9-1-2-11(13)7-9/h3-6,9,11,13H,1-2,7-8H2/t9-,11+,13-/m0/s1/i3D. The Morgan fingerprint density at radius 2 is 1.94 bits per heavy atom. The van der Waals surface area contributed by atoms with Gasteiger partial charge in [0.15, 0.2) is 0 Å². The van der Waals surface area contributed by atoms with Crippen molar-refractivity contribution in [1.82, 2.24) is 0 Å². The molecule has 2 saturated carbocycles. The largest absolute Gasteiger partial charge is 0.416 e. The predicted octanol–water partition coefficient (Wildman–Crippen LogP) is 4.61. The molecule has 0 heterocycles. The first kappa shape index (κ1) is 9.98. The van der Waals surface area contributed by atoms with E-state index >= 15 is 0 Å². The number of hydrogen-bond donors (Lipinski definition) is 0. The van der Waals surface area contributed by atoms with E-state index < -0.39 is 11.7 Å². The Hall–Kier alpha value is -0.990. The molecule has 3 atom stereocenters. The number of fused-ring (bicyclic) bond motifs is 2. The van der Waals surface area contributed by atoms with Gasteiger partial charge in [0.2, 0.25) is 0 Å². The molecule has 0 spiro atoms. The highest BCUT2D eigenvalue weighted by atomic mass is 19.4. The second-order valence-corrected chi connectivity index (χ2v) is 5.31. The second-order valence-electron chi connectivity index (χ2n) is 5.31. The van der Waals surface area contributed by atoms with Gasteiger partial charge in [-0.3, -0.25) is 0 Å². The molecule has 1 aromatic rings. The van der Waals surface area contributed by atoms with E-state index in [4.69, 9.17) is 1.37 Å². The molecule has 3 rings (SSSR count). The van der Waals surface area contributed by atoms with Gasteiger partial charge in [-0.15, -0.1) is 0 Å². The smallest absolute Gasteiger partial charge is 0.166 e. The lowest BCUT2D eigenvalue weighted by Crippen LogP contribution is -2.09. The molecular weight excluding hydrogens is 225 g/mol. The molecule has 0 aliphatic heterocycles. The Morgan fingerprint density at radius 3 is 2.47 bits per heavy atom. The monoisotopic (exact) mass is 241 g/mol. The highest BCUT2D eigenvalue weighted by Crippen LogP contribution is 2.52. The van der Waals surface area contributed by atoms with Gasteiger partial charge < -0.3 is 0 Å². The molecule has 0 N–H and O–H groups in total. The van der Waals surface area contributed by atoms with Crippen LogP contribution in [0.25, 0.3) is 0 Å². The van der Waals surface area contributed by atoms with Crippen LogP contribution in [0.15, 0.2) is 24.2 Å². The molecule has 0 radical (unpaired) electrons. The minimum absolute atomic E-state index is 0.0578. The Kier molecular flexibility index (Phi) is 2.20. The molecule has 0 saturated heterocycles. The first-order valence-corrected chi connectivity index (χ1v) is 6.13. The molecule has 17 heavy (non-hydrogen) atoms. The molecule has 2 aliphatic carbocycles. The van der Waals surface area contributed by atoms with Crippen LogP contribution in [0.5, 0.6) is 0 Å². The van der Waals surface area contributed by atoms with Gasteiger partial charge in [-0.2, -0.15) is 13.2 Å². The van der Waals surface area contributed by atoms with Crippen molar-refractivity contribution in [2.75, 3.05) is 0 Å². The molecule has 0 nitrogen and oxygen atoms in total. The molecule has 0 unspecified atom stereocenters. The molecular formula is C14H15F3. The van der Waals surface area contributed by atoms with Crippen LogP contribution in [-0.4, -0.2) is 0 Å². The zero-order valence-corrected chi connectivity index (χ0v) is 9.43. The van der Waals surface area contributed by atoms with Crippen LogP contribution >= 0.6 is 0 Å². The van der Waals surface area contributed by atoms with Gasteiger partial charge in [-0.05, 0) is 54.7 Å². The zero-order chi connectivity index (χ0) is 12.9. The maximum atomic E-state index is 12.5. The van der Waals surface area contributed by atoms with Crippen LogP contribution in [0, 0.1) is 11.8 Å². The predicted molar refractivity (Wildman–Crippen MR) is 59.6 cm³/mol. The van der Waals surface area contributed by atoms with Gasteiger partial charge in [0.1, 0.15) is 0 Å². The van der Waals surface area contributed by atoms with Crippen molar-refractivity contribution in [3.8, 4) is 0 Å². The molecule has 2 bridgehead atoms. The maximum absolute atomic E-state index is 12.5. The SMILES string of the molecule is [2H]c1cc(C(F)(F)F)ccc1[C@@H]1C[C@H]2CC[C@@H]1C2. The summed E-state index contributed by atoms with van der Waals surface area (Å²) in [5.74, 6) is 1.65. The van der Waals surface area contributed by atoms with Crippen LogP contribution < -0.4 is 0 Å². The first-order valence-electron chi connectivity index (χ1n) is 6.63. The number of alkyl halides is 3. The van der Waals surface area contributed by atoms with Crippen molar-refractivity contribution < 1.29 is 14.5 Å². The van der Waals surface area contributed by atoms with Crippen molar-refractivity contribution in [2.24, 2.45) is 11.8 Å². The van der Waals surface area contributed by atoms with Gasteiger partial charge in [0.05, 0.1) is 6.93 Å². The van der Waals surface area contributed by atoms with Crippen molar-refractivity contribution in [1.29, 1.82) is 0 Å². The third kappa shape index (κ3) is 1.96. The van der Waals surface area contributed by atoms with Gasteiger partial charge in [0, 0.05) is 0 Å². The molecule has 92 valence electrons. The fourth-order valence-corrected chi connectivity index (χ4v) is 3.47. The zero-order valence-electron chi connectivity index (χ0n) is 10.4. The molecule has 2 aliphatic rings. The van der Waals surface area contributed by atoms with E-state index in [2.05, 4.69) is 0 Å². The molecule has 1 aromatic carbocycles. The van der Waals surface area contributed by atoms with Crippen LogP contribution in [0.1, 0.15) is 44.1 Å². The van der Waals surface area contributed by atoms with E-state index in [0.717, 1.165) is 30.0 Å². The third-order valence-electron chi connectivity index (χ3n) is 4.30. The number of hydrogen-bond acceptors (Lipinski definition) is 0. The van der Waals surface area contributed by atoms with Crippen molar-refractivity contribution >= 4 is 0 Å². The number of halogens is 3. The van der Waals surface area contributed by atoms with Crippen LogP contribution in [0.4, 0.5) is 13.2 Å². The first-order chi connectivity index (χ1) is 8.45. The lowest BCUT2D eigenvalue weighted by Gasteiger charge is -2.22. The average molecular weight is 241 g/mol. The summed E-state index contributed by atoms with van der Waals surface area (Å²) in [4.78, 5) is 0. The normalized spacial score (nSPS) is 32.9. The molecule has 0 aromatic heterocycles. The Labute approximate surface area is 100 Å². The summed E-state index contributed by atoms with van der Waals surface area (Å²) in [7, 11) is 0. The van der Waals surface area contributed by atoms with Crippen LogP contribution in [0.2, 0.25) is 0 Å². The van der Waals surface area contributed by atoms with Gasteiger partial charge >= 0.3 is 6.18 Å². The molecule has 0 amide bonds. The summed E-state index contributed by atoms with van der Waals surface area (Å²) < 4.78 is 45.5. The van der Waals surface area contributed by atoms with Crippen LogP contribution in [-0.2, 0) is 6.18 Å². The van der Waals surface area contributed by atoms with Crippen molar-refractivity contribution in [3.05, 3.63) is 35.4 Å². The van der Waals surface area contributed by atoms with E-state index in [1.165, 1.54) is 25.3 Å². The van der Waals surface area contributed by atoms with E-state index in [0.29, 0.717) is 11.8 Å². The highest BCUT2D eigenvalue weighted by Gasteiger charge is 2.40. The Balaban J connectivity index is 1.90. The summed E-state index contributed by atoms with van der Waals surface area (Å²) in [6.07, 6.45) is 0.348. The van der Waals surface area contributed by atoms with Crippen molar-refractivity contribution in [3.63, 3.8) is 0 Å². The minimum atomic E-state index is -4.34. The molecule has 2 fully saturated rings. The van der Waals surface area contributed by atoms with E-state index in [1.54, 1.807) is 0 Å². The van der Waals surface area contributed by atoms with E-state index in [9.17, 15) is 13.2 Å². The second kappa shape index (κ2) is 3.76. The summed E-state index contributed by atoms with van der Waals surface area (Å²) in [6.45, 7) is 0. The average Bonchev–Trinajstić information content (AvgIpc) is 2.89. The van der Waals surface area contributed by atoms with E-state index in [-0.39, 0.29) is 6.04 Å². The minimum Gasteiger partial charge on any atom is -0.166 e. The molecule has 3 heteroatoms. The quantitative estimate of drug-likeness (QED) is 0.673. The Morgan fingerprint density at radius 1 is 1.12 bits per heavy atom. The summed E-state index contributed by atoms with van der Waals surface area (Å²) in [5, 5.41) is 0. The lowest BCUT2D eigenvalue weighted by atomic mass is 9.83.